The summed E-state index contributed by atoms with van der Waals surface area (Å²) in [6.45, 7) is 2.71. The Morgan fingerprint density at radius 1 is 1.21 bits per heavy atom. The van der Waals surface area contributed by atoms with Gasteiger partial charge >= 0.3 is 0 Å². The molecular weight excluding hydrogens is 330 g/mol. The second kappa shape index (κ2) is 6.74. The van der Waals surface area contributed by atoms with Crippen LogP contribution in [0.1, 0.15) is 35.2 Å². The number of aromatic nitrogens is 1. The Hall–Kier alpha value is -2.19. The summed E-state index contributed by atoms with van der Waals surface area (Å²) in [5, 5.41) is 6.29. The summed E-state index contributed by atoms with van der Waals surface area (Å²) in [6.07, 6.45) is 4.11. The van der Waals surface area contributed by atoms with Crippen molar-refractivity contribution < 1.29 is 17.7 Å². The number of hydrogen-bond donors (Lipinski definition) is 1. The molecule has 1 saturated heterocycles. The van der Waals surface area contributed by atoms with E-state index >= 15 is 0 Å². The number of sulfonamides is 1. The highest BCUT2D eigenvalue weighted by Gasteiger charge is 2.30. The van der Waals surface area contributed by atoms with E-state index in [0.717, 1.165) is 19.3 Å². The number of carbonyl (C=O) groups excluding carboxylic acids is 1. The van der Waals surface area contributed by atoms with Crippen molar-refractivity contribution in [3.8, 4) is 0 Å². The Balaban J connectivity index is 1.93. The minimum absolute atomic E-state index is 0.0190. The zero-order valence-corrected chi connectivity index (χ0v) is 14.2. The van der Waals surface area contributed by atoms with E-state index in [2.05, 4.69) is 10.5 Å². The van der Waals surface area contributed by atoms with Crippen LogP contribution in [0, 0.1) is 6.92 Å². The number of nitrogens with zero attached hydrogens (tertiary/aromatic N) is 2. The van der Waals surface area contributed by atoms with Crippen molar-refractivity contribution in [2.75, 3.05) is 18.4 Å². The van der Waals surface area contributed by atoms with E-state index in [1.54, 1.807) is 19.1 Å². The fraction of sp³-hybridized carbons (Fsp3) is 0.375. The van der Waals surface area contributed by atoms with Crippen LogP contribution in [0.15, 0.2) is 39.9 Å². The van der Waals surface area contributed by atoms with Crippen LogP contribution < -0.4 is 5.32 Å². The first-order valence-electron chi connectivity index (χ1n) is 7.81. The van der Waals surface area contributed by atoms with Gasteiger partial charge in [0.25, 0.3) is 5.91 Å². The summed E-state index contributed by atoms with van der Waals surface area (Å²) in [5.41, 5.74) is 0.769. The molecule has 0 saturated carbocycles. The van der Waals surface area contributed by atoms with Crippen molar-refractivity contribution in [3.05, 3.63) is 41.7 Å². The molecule has 1 amide bonds. The van der Waals surface area contributed by atoms with Gasteiger partial charge in [0.2, 0.25) is 10.0 Å². The van der Waals surface area contributed by atoms with Crippen LogP contribution >= 0.6 is 0 Å². The van der Waals surface area contributed by atoms with Crippen molar-refractivity contribution in [2.45, 2.75) is 31.1 Å². The molecular formula is C16H19N3O4S. The number of benzene rings is 1. The normalized spacial score (nSPS) is 16.0. The number of carbonyl (C=O) groups is 1. The molecule has 24 heavy (non-hydrogen) atoms. The third-order valence-electron chi connectivity index (χ3n) is 4.04. The lowest BCUT2D eigenvalue weighted by molar-refractivity contribution is 0.102. The lowest BCUT2D eigenvalue weighted by Gasteiger charge is -2.26. The molecule has 1 aromatic heterocycles. The SMILES string of the molecule is Cc1conc1NC(=O)c1ccccc1S(=O)(=O)N1CCCCC1. The van der Waals surface area contributed by atoms with E-state index in [1.807, 2.05) is 0 Å². The first-order valence-corrected chi connectivity index (χ1v) is 9.25. The standard InChI is InChI=1S/C16H19N3O4S/c1-12-11-23-18-15(12)17-16(20)13-7-3-4-8-14(13)24(21,22)19-9-5-2-6-10-19/h3-4,7-8,11H,2,5-6,9-10H2,1H3,(H,17,18,20). The lowest BCUT2D eigenvalue weighted by Crippen LogP contribution is -2.36. The van der Waals surface area contributed by atoms with Crippen molar-refractivity contribution in [1.82, 2.24) is 9.46 Å². The highest BCUT2D eigenvalue weighted by Crippen LogP contribution is 2.24. The highest BCUT2D eigenvalue weighted by molar-refractivity contribution is 7.89. The van der Waals surface area contributed by atoms with Gasteiger partial charge in [-0.25, -0.2) is 8.42 Å². The molecule has 2 aromatic rings. The summed E-state index contributed by atoms with van der Waals surface area (Å²) in [6, 6.07) is 6.23. The van der Waals surface area contributed by atoms with E-state index < -0.39 is 15.9 Å². The lowest BCUT2D eigenvalue weighted by atomic mass is 10.2. The number of amides is 1. The number of hydrogen-bond acceptors (Lipinski definition) is 5. The van der Waals surface area contributed by atoms with Crippen LogP contribution in [0.4, 0.5) is 5.82 Å². The van der Waals surface area contributed by atoms with E-state index in [4.69, 9.17) is 4.52 Å². The Kier molecular flexibility index (Phi) is 4.68. The maximum atomic E-state index is 12.9. The molecule has 3 rings (SSSR count). The molecule has 1 fully saturated rings. The van der Waals surface area contributed by atoms with Gasteiger partial charge in [-0.05, 0) is 31.9 Å². The molecule has 1 aliphatic rings. The van der Waals surface area contributed by atoms with Crippen molar-refractivity contribution in [1.29, 1.82) is 0 Å². The Morgan fingerprint density at radius 2 is 1.92 bits per heavy atom. The molecule has 0 unspecified atom stereocenters. The highest BCUT2D eigenvalue weighted by atomic mass is 32.2. The van der Waals surface area contributed by atoms with Gasteiger partial charge < -0.3 is 9.84 Å². The minimum atomic E-state index is -3.70. The maximum absolute atomic E-state index is 12.9. The van der Waals surface area contributed by atoms with Gasteiger partial charge in [-0.1, -0.05) is 23.7 Å². The van der Waals surface area contributed by atoms with Crippen LogP contribution in [0.2, 0.25) is 0 Å². The smallest absolute Gasteiger partial charge is 0.258 e. The first kappa shape index (κ1) is 16.7. The molecule has 0 bridgehead atoms. The quantitative estimate of drug-likeness (QED) is 0.915. The van der Waals surface area contributed by atoms with Gasteiger partial charge in [-0.15, -0.1) is 0 Å². The minimum Gasteiger partial charge on any atom is -0.362 e. The monoisotopic (exact) mass is 349 g/mol. The van der Waals surface area contributed by atoms with Crippen molar-refractivity contribution >= 4 is 21.7 Å². The fourth-order valence-corrected chi connectivity index (χ4v) is 4.41. The molecule has 2 heterocycles. The predicted octanol–water partition coefficient (Wildman–Crippen LogP) is 2.41. The second-order valence-electron chi connectivity index (χ2n) is 5.76. The predicted molar refractivity (Wildman–Crippen MR) is 88.2 cm³/mol. The first-order chi connectivity index (χ1) is 11.5. The van der Waals surface area contributed by atoms with Crippen LogP contribution in [-0.2, 0) is 10.0 Å². The van der Waals surface area contributed by atoms with Gasteiger partial charge in [0.1, 0.15) is 6.26 Å². The number of anilines is 1. The zero-order chi connectivity index (χ0) is 17.2. The summed E-state index contributed by atoms with van der Waals surface area (Å²) in [4.78, 5) is 12.6. The van der Waals surface area contributed by atoms with E-state index in [9.17, 15) is 13.2 Å². The molecule has 0 aliphatic carbocycles. The largest absolute Gasteiger partial charge is 0.362 e. The molecule has 8 heteroatoms. The molecule has 1 aliphatic heterocycles. The van der Waals surface area contributed by atoms with Gasteiger partial charge in [0, 0.05) is 18.7 Å². The van der Waals surface area contributed by atoms with E-state index in [-0.39, 0.29) is 16.3 Å². The van der Waals surface area contributed by atoms with Gasteiger partial charge in [-0.2, -0.15) is 4.31 Å². The van der Waals surface area contributed by atoms with E-state index in [1.165, 1.54) is 22.7 Å². The summed E-state index contributed by atoms with van der Waals surface area (Å²) >= 11 is 0. The fourth-order valence-electron chi connectivity index (χ4n) is 2.71. The zero-order valence-electron chi connectivity index (χ0n) is 13.4. The van der Waals surface area contributed by atoms with E-state index in [0.29, 0.717) is 18.7 Å². The van der Waals surface area contributed by atoms with Gasteiger partial charge in [0.05, 0.1) is 10.5 Å². The summed E-state index contributed by atoms with van der Waals surface area (Å²) < 4.78 is 32.0. The number of nitrogens with one attached hydrogen (secondary N) is 1. The third kappa shape index (κ3) is 3.20. The maximum Gasteiger partial charge on any atom is 0.258 e. The average Bonchev–Trinajstić information content (AvgIpc) is 3.00. The number of piperidine rings is 1. The van der Waals surface area contributed by atoms with Gasteiger partial charge in [-0.3, -0.25) is 4.79 Å². The Bertz CT molecular complexity index is 839. The van der Waals surface area contributed by atoms with Crippen LogP contribution in [0.25, 0.3) is 0 Å². The third-order valence-corrected chi connectivity index (χ3v) is 6.00. The van der Waals surface area contributed by atoms with Crippen molar-refractivity contribution in [3.63, 3.8) is 0 Å². The molecule has 1 N–H and O–H groups in total. The Labute approximate surface area is 140 Å². The average molecular weight is 349 g/mol. The molecule has 7 nitrogen and oxygen atoms in total. The molecule has 0 atom stereocenters. The molecule has 1 aromatic carbocycles. The van der Waals surface area contributed by atoms with Crippen molar-refractivity contribution in [2.24, 2.45) is 0 Å². The second-order valence-corrected chi connectivity index (χ2v) is 7.67. The summed E-state index contributed by atoms with van der Waals surface area (Å²) in [7, 11) is -3.70. The molecule has 0 radical (unpaired) electrons. The number of aryl methyl sites for hydroxylation is 1. The molecule has 0 spiro atoms. The number of rotatable bonds is 4. The van der Waals surface area contributed by atoms with Crippen LogP contribution in [0.5, 0.6) is 0 Å². The van der Waals surface area contributed by atoms with Crippen LogP contribution in [0.3, 0.4) is 0 Å². The van der Waals surface area contributed by atoms with Gasteiger partial charge in [0.15, 0.2) is 5.82 Å². The summed E-state index contributed by atoms with van der Waals surface area (Å²) in [5.74, 6) is -0.242. The topological polar surface area (TPSA) is 92.5 Å². The Morgan fingerprint density at radius 3 is 2.58 bits per heavy atom. The van der Waals surface area contributed by atoms with Crippen LogP contribution in [-0.4, -0.2) is 36.9 Å². The molecule has 128 valence electrons.